The van der Waals surface area contributed by atoms with Crippen molar-refractivity contribution in [3.8, 4) is 5.88 Å². The van der Waals surface area contributed by atoms with E-state index in [2.05, 4.69) is 9.88 Å². The van der Waals surface area contributed by atoms with Crippen molar-refractivity contribution in [1.82, 2.24) is 9.88 Å². The largest absolute Gasteiger partial charge is 0.476 e. The molecular formula is C20H29FN2O3. The van der Waals surface area contributed by atoms with Gasteiger partial charge in [-0.15, -0.1) is 0 Å². The van der Waals surface area contributed by atoms with Crippen LogP contribution in [0.25, 0.3) is 0 Å². The average molecular weight is 364 g/mol. The molecule has 1 unspecified atom stereocenters. The Balaban J connectivity index is 1.28. The molecule has 3 aliphatic heterocycles. The van der Waals surface area contributed by atoms with Gasteiger partial charge >= 0.3 is 0 Å². The smallest absolute Gasteiger partial charge is 0.250 e. The van der Waals surface area contributed by atoms with Gasteiger partial charge < -0.3 is 14.2 Å². The number of aromatic nitrogens is 1. The van der Waals surface area contributed by atoms with Gasteiger partial charge in [-0.1, -0.05) is 0 Å². The van der Waals surface area contributed by atoms with Crippen LogP contribution in [-0.4, -0.2) is 61.0 Å². The predicted octanol–water partition coefficient (Wildman–Crippen LogP) is 3.04. The molecule has 0 N–H and O–H groups in total. The van der Waals surface area contributed by atoms with Gasteiger partial charge in [0.05, 0.1) is 12.2 Å². The van der Waals surface area contributed by atoms with Crippen LogP contribution in [0.1, 0.15) is 38.5 Å². The van der Waals surface area contributed by atoms with E-state index in [4.69, 9.17) is 14.2 Å². The van der Waals surface area contributed by atoms with Crippen LogP contribution in [0.2, 0.25) is 0 Å². The molecule has 4 rings (SSSR count). The molecular weight excluding hydrogens is 335 g/mol. The summed E-state index contributed by atoms with van der Waals surface area (Å²) < 4.78 is 31.0. The second-order valence-corrected chi connectivity index (χ2v) is 7.71. The molecule has 6 heteroatoms. The second kappa shape index (κ2) is 8.19. The summed E-state index contributed by atoms with van der Waals surface area (Å²) in [6, 6.07) is 3.64. The maximum Gasteiger partial charge on any atom is 0.250 e. The van der Waals surface area contributed by atoms with Crippen LogP contribution in [0.15, 0.2) is 18.3 Å². The molecule has 5 nitrogen and oxygen atoms in total. The number of rotatable bonds is 5. The van der Waals surface area contributed by atoms with E-state index in [0.29, 0.717) is 18.6 Å². The molecule has 0 aromatic carbocycles. The van der Waals surface area contributed by atoms with Gasteiger partial charge in [0, 0.05) is 45.1 Å². The molecule has 4 heterocycles. The Morgan fingerprint density at radius 3 is 2.77 bits per heavy atom. The highest BCUT2D eigenvalue weighted by atomic mass is 19.1. The van der Waals surface area contributed by atoms with Gasteiger partial charge in [-0.05, 0) is 56.6 Å². The molecule has 26 heavy (non-hydrogen) atoms. The van der Waals surface area contributed by atoms with Crippen LogP contribution >= 0.6 is 0 Å². The second-order valence-electron chi connectivity index (χ2n) is 7.71. The van der Waals surface area contributed by atoms with E-state index < -0.39 is 5.82 Å². The summed E-state index contributed by atoms with van der Waals surface area (Å²) in [5, 5.41) is 0. The number of ether oxygens (including phenoxy) is 3. The minimum absolute atomic E-state index is 0.00626. The summed E-state index contributed by atoms with van der Waals surface area (Å²) in [6.07, 6.45) is 8.02. The SMILES string of the molecule is Fc1cccnc1OCCC1CCOC12CCN(C1CCOCC1)CC2. The fraction of sp³-hybridized carbons (Fsp3) is 0.750. The molecule has 3 fully saturated rings. The highest BCUT2D eigenvalue weighted by molar-refractivity contribution is 5.12. The standard InChI is InChI=1S/C20H29FN2O3/c21-18-2-1-9-22-19(18)25-14-3-16-4-15-26-20(16)7-10-23(11-8-20)17-5-12-24-13-6-17/h1-2,9,16-17H,3-8,10-15H2. The molecule has 1 aromatic heterocycles. The number of pyridine rings is 1. The molecule has 0 saturated carbocycles. The first kappa shape index (κ1) is 18.1. The molecule has 0 amide bonds. The van der Waals surface area contributed by atoms with Gasteiger partial charge in [0.2, 0.25) is 5.88 Å². The van der Waals surface area contributed by atoms with Crippen LogP contribution in [0, 0.1) is 11.7 Å². The van der Waals surface area contributed by atoms with Crippen LogP contribution in [0.4, 0.5) is 4.39 Å². The van der Waals surface area contributed by atoms with Gasteiger partial charge in [-0.25, -0.2) is 9.37 Å². The van der Waals surface area contributed by atoms with Crippen molar-refractivity contribution < 1.29 is 18.6 Å². The molecule has 1 atom stereocenters. The van der Waals surface area contributed by atoms with Gasteiger partial charge in [-0.3, -0.25) is 4.90 Å². The number of halogens is 1. The van der Waals surface area contributed by atoms with Crippen LogP contribution in [-0.2, 0) is 9.47 Å². The van der Waals surface area contributed by atoms with Crippen molar-refractivity contribution >= 4 is 0 Å². The van der Waals surface area contributed by atoms with E-state index in [0.717, 1.165) is 71.4 Å². The fourth-order valence-corrected chi connectivity index (χ4v) is 4.84. The zero-order chi connectivity index (χ0) is 17.8. The number of likely N-dealkylation sites (tertiary alicyclic amines) is 1. The number of hydrogen-bond acceptors (Lipinski definition) is 5. The first-order valence-electron chi connectivity index (χ1n) is 9.96. The Bertz CT molecular complexity index is 586. The van der Waals surface area contributed by atoms with Crippen LogP contribution in [0.3, 0.4) is 0 Å². The molecule has 0 aliphatic carbocycles. The van der Waals surface area contributed by atoms with E-state index in [1.54, 1.807) is 12.3 Å². The van der Waals surface area contributed by atoms with Crippen molar-refractivity contribution in [2.45, 2.75) is 50.2 Å². The molecule has 3 saturated heterocycles. The van der Waals surface area contributed by atoms with Crippen LogP contribution in [0.5, 0.6) is 5.88 Å². The van der Waals surface area contributed by atoms with Crippen molar-refractivity contribution in [1.29, 1.82) is 0 Å². The van der Waals surface area contributed by atoms with Crippen molar-refractivity contribution in [3.63, 3.8) is 0 Å². The number of hydrogen-bond donors (Lipinski definition) is 0. The third-order valence-corrected chi connectivity index (χ3v) is 6.38. The third kappa shape index (κ3) is 3.87. The topological polar surface area (TPSA) is 43.8 Å². The highest BCUT2D eigenvalue weighted by Crippen LogP contribution is 2.43. The summed E-state index contributed by atoms with van der Waals surface area (Å²) in [7, 11) is 0. The summed E-state index contributed by atoms with van der Waals surface area (Å²) in [5.41, 5.74) is -0.00626. The lowest BCUT2D eigenvalue weighted by atomic mass is 9.77. The Labute approximate surface area is 154 Å². The Hall–Kier alpha value is -1.24. The fourth-order valence-electron chi connectivity index (χ4n) is 4.84. The third-order valence-electron chi connectivity index (χ3n) is 6.38. The van der Waals surface area contributed by atoms with Gasteiger partial charge in [-0.2, -0.15) is 0 Å². The molecule has 3 aliphatic rings. The highest BCUT2D eigenvalue weighted by Gasteiger charge is 2.46. The van der Waals surface area contributed by atoms with E-state index in [1.807, 2.05) is 0 Å². The molecule has 144 valence electrons. The molecule has 1 aromatic rings. The summed E-state index contributed by atoms with van der Waals surface area (Å²) in [6.45, 7) is 5.33. The van der Waals surface area contributed by atoms with E-state index in [-0.39, 0.29) is 11.5 Å². The normalized spacial score (nSPS) is 27.0. The Morgan fingerprint density at radius 1 is 1.19 bits per heavy atom. The summed E-state index contributed by atoms with van der Waals surface area (Å²) >= 11 is 0. The van der Waals surface area contributed by atoms with E-state index >= 15 is 0 Å². The average Bonchev–Trinajstić information content (AvgIpc) is 3.07. The zero-order valence-corrected chi connectivity index (χ0v) is 15.4. The number of piperidine rings is 1. The van der Waals surface area contributed by atoms with E-state index in [1.165, 1.54) is 6.07 Å². The Kier molecular flexibility index (Phi) is 5.72. The summed E-state index contributed by atoms with van der Waals surface area (Å²) in [5.74, 6) is 0.204. The van der Waals surface area contributed by atoms with Crippen LogP contribution < -0.4 is 4.74 Å². The van der Waals surface area contributed by atoms with Gasteiger partial charge in [0.25, 0.3) is 0 Å². The first-order chi connectivity index (χ1) is 12.8. The molecule has 0 radical (unpaired) electrons. The van der Waals surface area contributed by atoms with Crippen molar-refractivity contribution in [3.05, 3.63) is 24.1 Å². The van der Waals surface area contributed by atoms with E-state index in [9.17, 15) is 4.39 Å². The van der Waals surface area contributed by atoms with Gasteiger partial charge in [0.15, 0.2) is 5.82 Å². The zero-order valence-electron chi connectivity index (χ0n) is 15.4. The van der Waals surface area contributed by atoms with Crippen molar-refractivity contribution in [2.24, 2.45) is 5.92 Å². The summed E-state index contributed by atoms with van der Waals surface area (Å²) in [4.78, 5) is 6.59. The molecule has 1 spiro atoms. The first-order valence-corrected chi connectivity index (χ1v) is 9.96. The minimum Gasteiger partial charge on any atom is -0.476 e. The molecule has 0 bridgehead atoms. The lowest BCUT2D eigenvalue weighted by Gasteiger charge is -2.45. The Morgan fingerprint density at radius 2 is 2.00 bits per heavy atom. The lowest BCUT2D eigenvalue weighted by Crippen LogP contribution is -2.51. The minimum atomic E-state index is -0.394. The lowest BCUT2D eigenvalue weighted by molar-refractivity contribution is -0.0830. The maximum absolute atomic E-state index is 13.6. The monoisotopic (exact) mass is 364 g/mol. The quantitative estimate of drug-likeness (QED) is 0.803. The van der Waals surface area contributed by atoms with Gasteiger partial charge in [0.1, 0.15) is 0 Å². The predicted molar refractivity (Wildman–Crippen MR) is 95.7 cm³/mol. The maximum atomic E-state index is 13.6. The van der Waals surface area contributed by atoms with Crippen molar-refractivity contribution in [2.75, 3.05) is 39.5 Å². The number of nitrogens with zero attached hydrogens (tertiary/aromatic N) is 2.